The zero-order valence-corrected chi connectivity index (χ0v) is 13.5. The van der Waals surface area contributed by atoms with Crippen molar-refractivity contribution in [3.63, 3.8) is 0 Å². The van der Waals surface area contributed by atoms with E-state index in [1.807, 2.05) is 0 Å². The summed E-state index contributed by atoms with van der Waals surface area (Å²) in [5.74, 6) is -0.464. The Morgan fingerprint density at radius 2 is 2.00 bits per heavy atom. The molecular weight excluding hydrogens is 290 g/mol. The summed E-state index contributed by atoms with van der Waals surface area (Å²) in [4.78, 5) is 23.1. The second-order valence-electron chi connectivity index (χ2n) is 5.60. The third kappa shape index (κ3) is 5.74. The van der Waals surface area contributed by atoms with Crippen LogP contribution < -0.4 is 5.32 Å². The minimum absolute atomic E-state index is 0.0987. The second-order valence-corrected chi connectivity index (χ2v) is 5.60. The molecule has 1 aliphatic carbocycles. The van der Waals surface area contributed by atoms with Crippen LogP contribution in [0.2, 0.25) is 0 Å². The summed E-state index contributed by atoms with van der Waals surface area (Å²) in [6.07, 6.45) is 11.4. The largest absolute Gasteiger partial charge is 0.465 e. The number of hydrogen-bond donors (Lipinski definition) is 1. The Morgan fingerprint density at radius 1 is 1.22 bits per heavy atom. The molecule has 0 aliphatic heterocycles. The normalized spacial score (nSPS) is 14.4. The molecule has 1 aliphatic rings. The van der Waals surface area contributed by atoms with Crippen molar-refractivity contribution in [3.05, 3.63) is 53.1 Å². The van der Waals surface area contributed by atoms with Crippen LogP contribution >= 0.6 is 0 Å². The van der Waals surface area contributed by atoms with Gasteiger partial charge in [-0.2, -0.15) is 0 Å². The van der Waals surface area contributed by atoms with Gasteiger partial charge in [0.25, 0.3) is 0 Å². The predicted octanol–water partition coefficient (Wildman–Crippen LogP) is 3.49. The first kappa shape index (κ1) is 17.0. The monoisotopic (exact) mass is 313 g/mol. The molecule has 0 aromatic heterocycles. The molecule has 2 rings (SSSR count). The smallest absolute Gasteiger partial charge is 0.337 e. The quantitative estimate of drug-likeness (QED) is 0.497. The third-order valence-corrected chi connectivity index (χ3v) is 3.89. The first-order valence-electron chi connectivity index (χ1n) is 8.01. The highest BCUT2D eigenvalue weighted by molar-refractivity contribution is 5.92. The number of methoxy groups -OCH3 is 1. The minimum atomic E-state index is -0.365. The van der Waals surface area contributed by atoms with Crippen molar-refractivity contribution in [1.29, 1.82) is 0 Å². The van der Waals surface area contributed by atoms with Gasteiger partial charge < -0.3 is 10.1 Å². The highest BCUT2D eigenvalue weighted by Crippen LogP contribution is 2.19. The first-order chi connectivity index (χ1) is 11.2. The van der Waals surface area contributed by atoms with E-state index in [9.17, 15) is 9.59 Å². The van der Waals surface area contributed by atoms with E-state index >= 15 is 0 Å². The Bertz CT molecular complexity index is 600. The number of carbonyl (C=O) groups is 2. The van der Waals surface area contributed by atoms with Crippen molar-refractivity contribution >= 4 is 18.0 Å². The molecule has 0 atom stereocenters. The highest BCUT2D eigenvalue weighted by Gasteiger charge is 2.05. The lowest BCUT2D eigenvalue weighted by molar-refractivity contribution is -0.116. The number of hydrogen-bond acceptors (Lipinski definition) is 3. The van der Waals surface area contributed by atoms with Crippen LogP contribution in [0.15, 0.2) is 42.0 Å². The third-order valence-electron chi connectivity index (χ3n) is 3.89. The maximum Gasteiger partial charge on any atom is 0.337 e. The molecule has 1 amide bonds. The Hall–Kier alpha value is -2.36. The van der Waals surface area contributed by atoms with Crippen LogP contribution in [0, 0.1) is 0 Å². The van der Waals surface area contributed by atoms with Crippen LogP contribution in [0.3, 0.4) is 0 Å². The maximum atomic E-state index is 11.8. The van der Waals surface area contributed by atoms with E-state index in [1.165, 1.54) is 38.0 Å². The predicted molar refractivity (Wildman–Crippen MR) is 91.0 cm³/mol. The van der Waals surface area contributed by atoms with Gasteiger partial charge in [-0.1, -0.05) is 23.8 Å². The van der Waals surface area contributed by atoms with Crippen molar-refractivity contribution < 1.29 is 14.3 Å². The number of amides is 1. The lowest BCUT2D eigenvalue weighted by Crippen LogP contribution is -2.22. The highest BCUT2D eigenvalue weighted by atomic mass is 16.5. The van der Waals surface area contributed by atoms with Gasteiger partial charge in [0.15, 0.2) is 0 Å². The van der Waals surface area contributed by atoms with E-state index < -0.39 is 0 Å². The number of esters is 1. The summed E-state index contributed by atoms with van der Waals surface area (Å²) in [6.45, 7) is 0.677. The van der Waals surface area contributed by atoms with Gasteiger partial charge in [-0.25, -0.2) is 4.79 Å². The van der Waals surface area contributed by atoms with E-state index in [-0.39, 0.29) is 11.9 Å². The molecule has 0 fully saturated rings. The minimum Gasteiger partial charge on any atom is -0.465 e. The molecule has 0 saturated carbocycles. The molecule has 4 heteroatoms. The first-order valence-corrected chi connectivity index (χ1v) is 8.01. The SMILES string of the molecule is COC(=O)c1ccc(C=CC(=O)NCCC2=CCCCC2)cc1. The van der Waals surface area contributed by atoms with Gasteiger partial charge in [0.2, 0.25) is 5.91 Å². The lowest BCUT2D eigenvalue weighted by atomic mass is 9.97. The molecule has 23 heavy (non-hydrogen) atoms. The molecule has 0 radical (unpaired) electrons. The number of carbonyl (C=O) groups excluding carboxylic acids is 2. The van der Waals surface area contributed by atoms with Gasteiger partial charge >= 0.3 is 5.97 Å². The second kappa shape index (κ2) is 8.93. The maximum absolute atomic E-state index is 11.8. The van der Waals surface area contributed by atoms with Crippen molar-refractivity contribution in [3.8, 4) is 0 Å². The van der Waals surface area contributed by atoms with Crippen molar-refractivity contribution in [2.45, 2.75) is 32.1 Å². The van der Waals surface area contributed by atoms with Gasteiger partial charge in [0.1, 0.15) is 0 Å². The molecule has 0 heterocycles. The van der Waals surface area contributed by atoms with Crippen LogP contribution in [-0.2, 0) is 9.53 Å². The molecule has 122 valence electrons. The lowest BCUT2D eigenvalue weighted by Gasteiger charge is -2.12. The molecule has 0 bridgehead atoms. The number of allylic oxidation sites excluding steroid dienone is 1. The Balaban J connectivity index is 1.76. The fourth-order valence-corrected chi connectivity index (χ4v) is 2.56. The summed E-state index contributed by atoms with van der Waals surface area (Å²) >= 11 is 0. The number of ether oxygens (including phenoxy) is 1. The summed E-state index contributed by atoms with van der Waals surface area (Å²) in [6, 6.07) is 6.92. The van der Waals surface area contributed by atoms with Gasteiger partial charge in [-0.05, 0) is 55.9 Å². The fraction of sp³-hybridized carbons (Fsp3) is 0.368. The van der Waals surface area contributed by atoms with Gasteiger partial charge in [-0.15, -0.1) is 0 Å². The van der Waals surface area contributed by atoms with Crippen molar-refractivity contribution in [1.82, 2.24) is 5.32 Å². The standard InChI is InChI=1S/C19H23NO3/c1-23-19(22)17-10-7-16(8-11-17)9-12-18(21)20-14-13-15-5-3-2-4-6-15/h5,7-12H,2-4,6,13-14H2,1H3,(H,20,21). The molecule has 0 unspecified atom stereocenters. The number of benzene rings is 1. The zero-order chi connectivity index (χ0) is 16.5. The topological polar surface area (TPSA) is 55.4 Å². The molecule has 0 saturated heterocycles. The molecule has 0 spiro atoms. The van der Waals surface area contributed by atoms with Gasteiger partial charge in [0.05, 0.1) is 12.7 Å². The van der Waals surface area contributed by atoms with Crippen LogP contribution in [0.4, 0.5) is 0 Å². The number of rotatable bonds is 6. The zero-order valence-electron chi connectivity index (χ0n) is 13.5. The van der Waals surface area contributed by atoms with E-state index in [4.69, 9.17) is 0 Å². The van der Waals surface area contributed by atoms with Crippen LogP contribution in [0.25, 0.3) is 6.08 Å². The Kier molecular flexibility index (Phi) is 6.60. The Morgan fingerprint density at radius 3 is 2.65 bits per heavy atom. The van der Waals surface area contributed by atoms with Crippen LogP contribution in [0.5, 0.6) is 0 Å². The fourth-order valence-electron chi connectivity index (χ4n) is 2.56. The van der Waals surface area contributed by atoms with E-state index in [0.29, 0.717) is 12.1 Å². The Labute approximate surface area is 137 Å². The van der Waals surface area contributed by atoms with E-state index in [0.717, 1.165) is 18.4 Å². The molecule has 1 aromatic rings. The number of nitrogens with one attached hydrogen (secondary N) is 1. The summed E-state index contributed by atoms with van der Waals surface area (Å²) in [5, 5.41) is 2.90. The van der Waals surface area contributed by atoms with Crippen molar-refractivity contribution in [2.75, 3.05) is 13.7 Å². The summed E-state index contributed by atoms with van der Waals surface area (Å²) in [5.41, 5.74) is 2.82. The van der Waals surface area contributed by atoms with Gasteiger partial charge in [0, 0.05) is 12.6 Å². The van der Waals surface area contributed by atoms with E-state index in [1.54, 1.807) is 30.3 Å². The molecule has 4 nitrogen and oxygen atoms in total. The average Bonchev–Trinajstić information content (AvgIpc) is 2.60. The van der Waals surface area contributed by atoms with Gasteiger partial charge in [-0.3, -0.25) is 4.79 Å². The van der Waals surface area contributed by atoms with E-state index in [2.05, 4.69) is 16.1 Å². The van der Waals surface area contributed by atoms with Crippen molar-refractivity contribution in [2.24, 2.45) is 0 Å². The summed E-state index contributed by atoms with van der Waals surface area (Å²) in [7, 11) is 1.35. The molecule has 1 aromatic carbocycles. The molecular formula is C19H23NO3. The van der Waals surface area contributed by atoms with Crippen LogP contribution in [-0.4, -0.2) is 25.5 Å². The van der Waals surface area contributed by atoms with Crippen LogP contribution in [0.1, 0.15) is 48.0 Å². The average molecular weight is 313 g/mol. The molecule has 1 N–H and O–H groups in total. The summed E-state index contributed by atoms with van der Waals surface area (Å²) < 4.78 is 4.64.